The molecule has 0 aromatic heterocycles. The second-order valence-electron chi connectivity index (χ2n) is 5.06. The molecule has 1 amide bonds. The SMILES string of the molecule is COc1ccccc1CC(=O)NCC(C)(C)CBr. The Labute approximate surface area is 117 Å². The molecule has 100 valence electrons. The predicted octanol–water partition coefficient (Wildman–Crippen LogP) is 2.78. The van der Waals surface area contributed by atoms with Crippen LogP contribution in [0.1, 0.15) is 19.4 Å². The van der Waals surface area contributed by atoms with Crippen molar-refractivity contribution in [3.8, 4) is 5.75 Å². The summed E-state index contributed by atoms with van der Waals surface area (Å²) < 4.78 is 5.23. The fraction of sp³-hybridized carbons (Fsp3) is 0.500. The zero-order chi connectivity index (χ0) is 13.6. The number of para-hydroxylation sites is 1. The average Bonchev–Trinajstić information content (AvgIpc) is 2.37. The van der Waals surface area contributed by atoms with Gasteiger partial charge in [0.05, 0.1) is 13.5 Å². The summed E-state index contributed by atoms with van der Waals surface area (Å²) >= 11 is 3.44. The fourth-order valence-corrected chi connectivity index (χ4v) is 1.67. The van der Waals surface area contributed by atoms with Crippen molar-refractivity contribution in [2.75, 3.05) is 19.0 Å². The normalized spacial score (nSPS) is 11.1. The van der Waals surface area contributed by atoms with E-state index < -0.39 is 0 Å². The minimum atomic E-state index is 0.0218. The summed E-state index contributed by atoms with van der Waals surface area (Å²) in [7, 11) is 1.62. The summed E-state index contributed by atoms with van der Waals surface area (Å²) in [5, 5.41) is 3.81. The monoisotopic (exact) mass is 313 g/mol. The lowest BCUT2D eigenvalue weighted by Gasteiger charge is -2.22. The van der Waals surface area contributed by atoms with Gasteiger partial charge in [0.25, 0.3) is 0 Å². The molecule has 1 aromatic carbocycles. The Morgan fingerprint density at radius 2 is 2.06 bits per heavy atom. The van der Waals surface area contributed by atoms with Crippen LogP contribution in [0.15, 0.2) is 24.3 Å². The van der Waals surface area contributed by atoms with E-state index in [1.54, 1.807) is 7.11 Å². The highest BCUT2D eigenvalue weighted by molar-refractivity contribution is 9.09. The van der Waals surface area contributed by atoms with Crippen molar-refractivity contribution in [3.63, 3.8) is 0 Å². The quantitative estimate of drug-likeness (QED) is 0.820. The third-order valence-electron chi connectivity index (χ3n) is 2.67. The molecule has 0 saturated heterocycles. The van der Waals surface area contributed by atoms with Crippen molar-refractivity contribution in [1.82, 2.24) is 5.32 Å². The summed E-state index contributed by atoms with van der Waals surface area (Å²) in [5.41, 5.74) is 0.977. The molecule has 4 heteroatoms. The molecular weight excluding hydrogens is 294 g/mol. The number of carbonyl (C=O) groups excluding carboxylic acids is 1. The third kappa shape index (κ3) is 4.69. The highest BCUT2D eigenvalue weighted by Gasteiger charge is 2.17. The second-order valence-corrected chi connectivity index (χ2v) is 5.62. The molecule has 0 aliphatic carbocycles. The minimum absolute atomic E-state index is 0.0218. The van der Waals surface area contributed by atoms with Crippen LogP contribution in [0.2, 0.25) is 0 Å². The zero-order valence-corrected chi connectivity index (χ0v) is 12.7. The van der Waals surface area contributed by atoms with Gasteiger partial charge in [0.1, 0.15) is 5.75 Å². The lowest BCUT2D eigenvalue weighted by Crippen LogP contribution is -2.35. The highest BCUT2D eigenvalue weighted by Crippen LogP contribution is 2.19. The molecule has 0 bridgehead atoms. The van der Waals surface area contributed by atoms with Crippen molar-refractivity contribution in [3.05, 3.63) is 29.8 Å². The molecular formula is C14H20BrNO2. The van der Waals surface area contributed by atoms with Gasteiger partial charge in [-0.25, -0.2) is 0 Å². The third-order valence-corrected chi connectivity index (χ3v) is 4.19. The lowest BCUT2D eigenvalue weighted by molar-refractivity contribution is -0.120. The topological polar surface area (TPSA) is 38.3 Å². The van der Waals surface area contributed by atoms with Gasteiger partial charge >= 0.3 is 0 Å². The fourth-order valence-electron chi connectivity index (χ4n) is 1.47. The Hall–Kier alpha value is -1.03. The number of benzene rings is 1. The molecule has 0 fully saturated rings. The van der Waals surface area contributed by atoms with Crippen LogP contribution < -0.4 is 10.1 Å². The van der Waals surface area contributed by atoms with Crippen LogP contribution in [0.4, 0.5) is 0 Å². The predicted molar refractivity (Wildman–Crippen MR) is 77.3 cm³/mol. The van der Waals surface area contributed by atoms with Crippen LogP contribution in [0.3, 0.4) is 0 Å². The molecule has 18 heavy (non-hydrogen) atoms. The van der Waals surface area contributed by atoms with Crippen LogP contribution in [0.25, 0.3) is 0 Å². The number of halogens is 1. The molecule has 0 aliphatic rings. The maximum Gasteiger partial charge on any atom is 0.224 e. The van der Waals surface area contributed by atoms with Crippen molar-refractivity contribution >= 4 is 21.8 Å². The first-order chi connectivity index (χ1) is 8.48. The summed E-state index contributed by atoms with van der Waals surface area (Å²) in [6, 6.07) is 7.58. The number of ether oxygens (including phenoxy) is 1. The summed E-state index contributed by atoms with van der Waals surface area (Å²) in [6.07, 6.45) is 0.350. The number of alkyl halides is 1. The van der Waals surface area contributed by atoms with E-state index in [4.69, 9.17) is 4.74 Å². The maximum atomic E-state index is 11.9. The van der Waals surface area contributed by atoms with Gasteiger partial charge in [0.2, 0.25) is 5.91 Å². The van der Waals surface area contributed by atoms with Gasteiger partial charge in [-0.1, -0.05) is 48.0 Å². The first-order valence-electron chi connectivity index (χ1n) is 5.93. The average molecular weight is 314 g/mol. The molecule has 0 radical (unpaired) electrons. The Bertz CT molecular complexity index is 405. The second kappa shape index (κ2) is 6.78. The number of hydrogen-bond donors (Lipinski definition) is 1. The van der Waals surface area contributed by atoms with E-state index in [9.17, 15) is 4.79 Å². The van der Waals surface area contributed by atoms with Gasteiger partial charge in [0.15, 0.2) is 0 Å². The molecule has 0 heterocycles. The summed E-state index contributed by atoms with van der Waals surface area (Å²) in [5.74, 6) is 0.779. The van der Waals surface area contributed by atoms with E-state index in [2.05, 4.69) is 35.1 Å². The van der Waals surface area contributed by atoms with Crippen LogP contribution >= 0.6 is 15.9 Å². The van der Waals surface area contributed by atoms with Crippen molar-refractivity contribution in [1.29, 1.82) is 0 Å². The molecule has 1 rings (SSSR count). The Morgan fingerprint density at radius 3 is 2.67 bits per heavy atom. The smallest absolute Gasteiger partial charge is 0.224 e. The van der Waals surface area contributed by atoms with Crippen LogP contribution in [-0.4, -0.2) is 24.9 Å². The Morgan fingerprint density at radius 1 is 1.39 bits per heavy atom. The number of amides is 1. The number of carbonyl (C=O) groups is 1. The van der Waals surface area contributed by atoms with Crippen LogP contribution in [0.5, 0.6) is 5.75 Å². The molecule has 1 aromatic rings. The maximum absolute atomic E-state index is 11.9. The van der Waals surface area contributed by atoms with Crippen LogP contribution in [-0.2, 0) is 11.2 Å². The minimum Gasteiger partial charge on any atom is -0.496 e. The molecule has 0 aliphatic heterocycles. The van der Waals surface area contributed by atoms with E-state index in [0.29, 0.717) is 13.0 Å². The van der Waals surface area contributed by atoms with Gasteiger partial charge < -0.3 is 10.1 Å². The molecule has 3 nitrogen and oxygen atoms in total. The first kappa shape index (κ1) is 15.0. The van der Waals surface area contributed by atoms with E-state index >= 15 is 0 Å². The highest BCUT2D eigenvalue weighted by atomic mass is 79.9. The van der Waals surface area contributed by atoms with Gasteiger partial charge in [-0.15, -0.1) is 0 Å². The van der Waals surface area contributed by atoms with Crippen molar-refractivity contribution in [2.45, 2.75) is 20.3 Å². The van der Waals surface area contributed by atoms with Crippen molar-refractivity contribution in [2.24, 2.45) is 5.41 Å². The number of rotatable bonds is 6. The largest absolute Gasteiger partial charge is 0.496 e. The standard InChI is InChI=1S/C14H20BrNO2/c1-14(2,9-15)10-16-13(17)8-11-6-4-5-7-12(11)18-3/h4-7H,8-10H2,1-3H3,(H,16,17). The van der Waals surface area contributed by atoms with E-state index in [0.717, 1.165) is 16.6 Å². The van der Waals surface area contributed by atoms with Gasteiger partial charge in [0, 0.05) is 17.4 Å². The van der Waals surface area contributed by atoms with E-state index in [1.807, 2.05) is 24.3 Å². The molecule has 0 spiro atoms. The molecule has 0 unspecified atom stereocenters. The Kier molecular flexibility index (Phi) is 5.66. The molecule has 0 saturated carbocycles. The van der Waals surface area contributed by atoms with Gasteiger partial charge in [-0.05, 0) is 11.5 Å². The first-order valence-corrected chi connectivity index (χ1v) is 7.05. The number of hydrogen-bond acceptors (Lipinski definition) is 2. The van der Waals surface area contributed by atoms with Crippen LogP contribution in [0, 0.1) is 5.41 Å². The molecule has 1 N–H and O–H groups in total. The van der Waals surface area contributed by atoms with Gasteiger partial charge in [-0.2, -0.15) is 0 Å². The number of methoxy groups -OCH3 is 1. The molecule has 0 atom stereocenters. The van der Waals surface area contributed by atoms with Gasteiger partial charge in [-0.3, -0.25) is 4.79 Å². The zero-order valence-electron chi connectivity index (χ0n) is 11.1. The Balaban J connectivity index is 2.55. The lowest BCUT2D eigenvalue weighted by atomic mass is 9.97. The number of nitrogens with one attached hydrogen (secondary N) is 1. The van der Waals surface area contributed by atoms with Crippen molar-refractivity contribution < 1.29 is 9.53 Å². The summed E-state index contributed by atoms with van der Waals surface area (Å²) in [4.78, 5) is 11.9. The van der Waals surface area contributed by atoms with E-state index in [-0.39, 0.29) is 11.3 Å². The van der Waals surface area contributed by atoms with E-state index in [1.165, 1.54) is 0 Å². The summed E-state index contributed by atoms with van der Waals surface area (Å²) in [6.45, 7) is 4.86.